The average molecular weight is 497 g/mol. The molecule has 0 atom stereocenters. The summed E-state index contributed by atoms with van der Waals surface area (Å²) in [5, 5.41) is 17.0. The zero-order valence-electron chi connectivity index (χ0n) is 20.8. The van der Waals surface area contributed by atoms with Crippen molar-refractivity contribution in [1.82, 2.24) is 9.88 Å². The largest absolute Gasteiger partial charge is 0.492 e. The Labute approximate surface area is 216 Å². The van der Waals surface area contributed by atoms with Gasteiger partial charge in [0.1, 0.15) is 18.4 Å². The topological polar surface area (TPSA) is 117 Å². The maximum atomic E-state index is 12.3. The van der Waals surface area contributed by atoms with Crippen LogP contribution in [0.3, 0.4) is 0 Å². The SMILES string of the molecule is N#Cc1c(-c2ccc(NC(=O)NC3CCC3)cc2)n(C2CCC2)c2cc(OCCN=CC=CN)ccc12. The molecule has 2 saturated carbocycles. The molecule has 2 aromatic carbocycles. The number of nitrogens with zero attached hydrogens (tertiary/aromatic N) is 3. The van der Waals surface area contributed by atoms with E-state index in [9.17, 15) is 10.1 Å². The van der Waals surface area contributed by atoms with Gasteiger partial charge in [0, 0.05) is 35.4 Å². The number of hydrogen-bond acceptors (Lipinski definition) is 5. The summed E-state index contributed by atoms with van der Waals surface area (Å²) in [4.78, 5) is 16.5. The highest BCUT2D eigenvalue weighted by Gasteiger charge is 2.28. The van der Waals surface area contributed by atoms with E-state index in [-0.39, 0.29) is 12.1 Å². The number of carbonyl (C=O) groups is 1. The molecule has 4 N–H and O–H groups in total. The Balaban J connectivity index is 1.42. The number of hydrogen-bond donors (Lipinski definition) is 3. The number of ether oxygens (including phenoxy) is 1. The molecule has 3 aromatic rings. The Hall–Kier alpha value is -4.25. The van der Waals surface area contributed by atoms with E-state index >= 15 is 0 Å². The summed E-state index contributed by atoms with van der Waals surface area (Å²) < 4.78 is 8.26. The van der Waals surface area contributed by atoms with Gasteiger partial charge in [0.15, 0.2) is 0 Å². The Bertz CT molecular complexity index is 1360. The predicted octanol–water partition coefficient (Wildman–Crippen LogP) is 5.50. The van der Waals surface area contributed by atoms with Crippen LogP contribution in [0.4, 0.5) is 10.5 Å². The lowest BCUT2D eigenvalue weighted by molar-refractivity contribution is 0.240. The van der Waals surface area contributed by atoms with Gasteiger partial charge in [0.2, 0.25) is 0 Å². The van der Waals surface area contributed by atoms with Gasteiger partial charge < -0.3 is 25.7 Å². The van der Waals surface area contributed by atoms with Crippen LogP contribution in [0.1, 0.15) is 50.1 Å². The first-order valence-electron chi connectivity index (χ1n) is 12.9. The summed E-state index contributed by atoms with van der Waals surface area (Å²) in [5.74, 6) is 0.753. The van der Waals surface area contributed by atoms with Gasteiger partial charge in [0.25, 0.3) is 0 Å². The highest BCUT2D eigenvalue weighted by molar-refractivity contribution is 5.96. The van der Waals surface area contributed by atoms with Crippen molar-refractivity contribution in [2.24, 2.45) is 10.7 Å². The first-order valence-corrected chi connectivity index (χ1v) is 12.9. The van der Waals surface area contributed by atoms with Crippen molar-refractivity contribution >= 4 is 28.8 Å². The van der Waals surface area contributed by atoms with Crippen LogP contribution < -0.4 is 21.1 Å². The fourth-order valence-corrected chi connectivity index (χ4v) is 4.82. The van der Waals surface area contributed by atoms with Gasteiger partial charge in [-0.3, -0.25) is 4.99 Å². The molecular weight excluding hydrogens is 464 g/mol. The molecule has 0 aliphatic heterocycles. The van der Waals surface area contributed by atoms with Crippen molar-refractivity contribution in [2.45, 2.75) is 50.6 Å². The van der Waals surface area contributed by atoms with Gasteiger partial charge in [-0.25, -0.2) is 4.79 Å². The molecule has 0 radical (unpaired) electrons. The zero-order valence-corrected chi connectivity index (χ0v) is 20.8. The van der Waals surface area contributed by atoms with E-state index in [1.165, 1.54) is 19.0 Å². The molecule has 5 rings (SSSR count). The third-order valence-corrected chi connectivity index (χ3v) is 7.18. The first-order chi connectivity index (χ1) is 18.2. The van der Waals surface area contributed by atoms with Crippen molar-refractivity contribution < 1.29 is 9.53 Å². The molecule has 8 heteroatoms. The summed E-state index contributed by atoms with van der Waals surface area (Å²) in [6, 6.07) is 16.6. The van der Waals surface area contributed by atoms with Gasteiger partial charge >= 0.3 is 6.03 Å². The number of carbonyl (C=O) groups excluding carboxylic acids is 1. The summed E-state index contributed by atoms with van der Waals surface area (Å²) in [6.07, 6.45) is 11.4. The van der Waals surface area contributed by atoms with Gasteiger partial charge in [-0.05, 0) is 80.6 Å². The van der Waals surface area contributed by atoms with Crippen molar-refractivity contribution in [1.29, 1.82) is 5.26 Å². The van der Waals surface area contributed by atoms with Crippen LogP contribution in [-0.4, -0.2) is 36.0 Å². The van der Waals surface area contributed by atoms with Crippen molar-refractivity contribution in [2.75, 3.05) is 18.5 Å². The van der Waals surface area contributed by atoms with E-state index in [0.29, 0.717) is 24.8 Å². The first kappa shape index (κ1) is 24.4. The summed E-state index contributed by atoms with van der Waals surface area (Å²) in [5.41, 5.74) is 9.58. The number of nitrogens with one attached hydrogen (secondary N) is 2. The number of nitrogens with two attached hydrogens (primary N) is 1. The molecule has 190 valence electrons. The molecule has 1 heterocycles. The van der Waals surface area contributed by atoms with E-state index in [0.717, 1.165) is 59.3 Å². The number of aromatic nitrogens is 1. The van der Waals surface area contributed by atoms with Gasteiger partial charge in [-0.2, -0.15) is 5.26 Å². The Morgan fingerprint density at radius 1 is 1.16 bits per heavy atom. The fraction of sp³-hybridized carbons (Fsp3) is 0.345. The predicted molar refractivity (Wildman–Crippen MR) is 147 cm³/mol. The number of nitriles is 1. The molecule has 2 aliphatic rings. The zero-order chi connectivity index (χ0) is 25.6. The second-order valence-corrected chi connectivity index (χ2v) is 9.56. The Morgan fingerprint density at radius 3 is 2.59 bits per heavy atom. The maximum Gasteiger partial charge on any atom is 0.319 e. The van der Waals surface area contributed by atoms with Gasteiger partial charge in [-0.1, -0.05) is 12.1 Å². The Kier molecular flexibility index (Phi) is 7.41. The number of benzene rings is 2. The summed E-state index contributed by atoms with van der Waals surface area (Å²) in [6.45, 7) is 0.977. The standard InChI is InChI=1S/C29H32N6O2/c30-14-3-15-32-16-17-37-24-12-13-25-26(19-31)28(35(27(25)18-24)23-6-2-7-23)20-8-10-22(11-9-20)34-29(36)33-21-4-1-5-21/h3,8-15,18,21,23H,1-2,4-7,16-17,30H2,(H2,33,34,36). The summed E-state index contributed by atoms with van der Waals surface area (Å²) >= 11 is 0. The molecule has 1 aromatic heterocycles. The minimum absolute atomic E-state index is 0.173. The van der Waals surface area contributed by atoms with Crippen molar-refractivity contribution in [3.8, 4) is 23.1 Å². The molecule has 2 amide bonds. The summed E-state index contributed by atoms with van der Waals surface area (Å²) in [7, 11) is 0. The fourth-order valence-electron chi connectivity index (χ4n) is 4.82. The number of aliphatic imine (C=N–C) groups is 1. The van der Waals surface area contributed by atoms with E-state index < -0.39 is 0 Å². The smallest absolute Gasteiger partial charge is 0.319 e. The third kappa shape index (κ3) is 5.31. The molecule has 37 heavy (non-hydrogen) atoms. The lowest BCUT2D eigenvalue weighted by Crippen LogP contribution is -2.41. The molecule has 0 saturated heterocycles. The highest BCUT2D eigenvalue weighted by atomic mass is 16.5. The van der Waals surface area contributed by atoms with Crippen LogP contribution >= 0.6 is 0 Å². The van der Waals surface area contributed by atoms with Crippen LogP contribution in [-0.2, 0) is 0 Å². The van der Waals surface area contributed by atoms with E-state index in [1.54, 1.807) is 12.3 Å². The molecular formula is C29H32N6O2. The normalized spacial score (nSPS) is 16.0. The second-order valence-electron chi connectivity index (χ2n) is 9.56. The lowest BCUT2D eigenvalue weighted by atomic mass is 9.92. The van der Waals surface area contributed by atoms with Crippen LogP contribution in [0.2, 0.25) is 0 Å². The van der Waals surface area contributed by atoms with E-state index in [2.05, 4.69) is 26.3 Å². The van der Waals surface area contributed by atoms with Gasteiger partial charge in [0.05, 0.1) is 23.3 Å². The Morgan fingerprint density at radius 2 is 1.95 bits per heavy atom. The number of allylic oxidation sites excluding steroid dienone is 1. The van der Waals surface area contributed by atoms with E-state index in [1.807, 2.05) is 42.5 Å². The number of amides is 2. The quantitative estimate of drug-likeness (QED) is 0.268. The molecule has 0 spiro atoms. The average Bonchev–Trinajstić information content (AvgIpc) is 3.16. The van der Waals surface area contributed by atoms with Crippen molar-refractivity contribution in [3.63, 3.8) is 0 Å². The van der Waals surface area contributed by atoms with Crippen LogP contribution in [0.15, 0.2) is 59.7 Å². The number of rotatable bonds is 9. The third-order valence-electron chi connectivity index (χ3n) is 7.18. The van der Waals surface area contributed by atoms with Gasteiger partial charge in [-0.15, -0.1) is 0 Å². The van der Waals surface area contributed by atoms with E-state index in [4.69, 9.17) is 10.5 Å². The molecule has 8 nitrogen and oxygen atoms in total. The molecule has 2 aliphatic carbocycles. The van der Waals surface area contributed by atoms with Crippen LogP contribution in [0.25, 0.3) is 22.2 Å². The number of anilines is 1. The minimum atomic E-state index is -0.173. The maximum absolute atomic E-state index is 12.3. The highest BCUT2D eigenvalue weighted by Crippen LogP contribution is 2.43. The lowest BCUT2D eigenvalue weighted by Gasteiger charge is -2.30. The minimum Gasteiger partial charge on any atom is -0.492 e. The van der Waals surface area contributed by atoms with Crippen molar-refractivity contribution in [3.05, 3.63) is 60.3 Å². The number of fused-ring (bicyclic) bond motifs is 1. The molecule has 0 bridgehead atoms. The molecule has 0 unspecified atom stereocenters. The molecule has 2 fully saturated rings. The monoisotopic (exact) mass is 496 g/mol. The van der Waals surface area contributed by atoms with Crippen LogP contribution in [0.5, 0.6) is 5.75 Å². The number of urea groups is 1. The second kappa shape index (κ2) is 11.2. The van der Waals surface area contributed by atoms with Crippen LogP contribution in [0, 0.1) is 11.3 Å².